The van der Waals surface area contributed by atoms with Crippen LogP contribution in [0.4, 0.5) is 4.79 Å². The molecule has 29 heavy (non-hydrogen) atoms. The largest absolute Gasteiger partial charge is 0.483 e. The van der Waals surface area contributed by atoms with Gasteiger partial charge in [-0.1, -0.05) is 25.7 Å². The number of hydrogen-bond donors (Lipinski definition) is 2. The summed E-state index contributed by atoms with van der Waals surface area (Å²) >= 11 is 0. The van der Waals surface area contributed by atoms with Crippen molar-refractivity contribution in [1.82, 2.24) is 20.0 Å². The van der Waals surface area contributed by atoms with Crippen molar-refractivity contribution in [3.05, 3.63) is 0 Å². The Hall–Kier alpha value is -1.83. The molecule has 1 atom stereocenters. The maximum Gasteiger partial charge on any atom is 0.317 e. The van der Waals surface area contributed by atoms with Gasteiger partial charge in [-0.15, -0.1) is 0 Å². The number of hydrogen-bond acceptors (Lipinski definition) is 4. The second-order valence-electron chi connectivity index (χ2n) is 8.45. The number of piperidine rings is 1. The Morgan fingerprint density at radius 1 is 0.897 bits per heavy atom. The van der Waals surface area contributed by atoms with E-state index < -0.39 is 0 Å². The van der Waals surface area contributed by atoms with Crippen LogP contribution in [0.15, 0.2) is 0 Å². The zero-order valence-electron chi connectivity index (χ0n) is 17.9. The van der Waals surface area contributed by atoms with Gasteiger partial charge in [-0.25, -0.2) is 4.79 Å². The summed E-state index contributed by atoms with van der Waals surface area (Å²) in [5.74, 6) is 0.913. The summed E-state index contributed by atoms with van der Waals surface area (Å²) in [5, 5.41) is 10.0. The van der Waals surface area contributed by atoms with Crippen LogP contribution in [0, 0.1) is 5.92 Å². The summed E-state index contributed by atoms with van der Waals surface area (Å²) < 4.78 is 0. The van der Waals surface area contributed by atoms with Gasteiger partial charge in [-0.2, -0.15) is 0 Å². The van der Waals surface area contributed by atoms with Gasteiger partial charge >= 0.3 is 6.03 Å². The number of amides is 3. The Labute approximate surface area is 174 Å². The number of likely N-dealkylation sites (tertiary alicyclic amines) is 1. The number of carboxylic acid groups (broad SMARTS) is 1. The van der Waals surface area contributed by atoms with E-state index in [0.29, 0.717) is 19.0 Å². The molecule has 0 aromatic carbocycles. The number of likely N-dealkylation sites (N-methyl/N-ethyl adjacent to an activating group) is 1. The fourth-order valence-corrected chi connectivity index (χ4v) is 4.67. The highest BCUT2D eigenvalue weighted by Gasteiger charge is 2.31. The molecular formula is C21H38N4O4. The normalized spacial score (nSPS) is 24.1. The quantitative estimate of drug-likeness (QED) is 0.694. The molecule has 0 spiro atoms. The van der Waals surface area contributed by atoms with Crippen molar-refractivity contribution in [2.75, 3.05) is 46.3 Å². The number of nitrogens with zero attached hydrogens (tertiary/aromatic N) is 3. The van der Waals surface area contributed by atoms with Gasteiger partial charge in [0.1, 0.15) is 0 Å². The molecule has 1 saturated carbocycles. The Bertz CT molecular complexity index is 525. The Balaban J connectivity index is 0.000000941. The molecule has 2 N–H and O–H groups in total. The van der Waals surface area contributed by atoms with Crippen LogP contribution in [-0.4, -0.2) is 90.6 Å². The van der Waals surface area contributed by atoms with Crippen LogP contribution in [0.3, 0.4) is 0 Å². The summed E-state index contributed by atoms with van der Waals surface area (Å²) in [6, 6.07) is 0.0927. The third-order valence-electron chi connectivity index (χ3n) is 6.42. The van der Waals surface area contributed by atoms with E-state index in [-0.39, 0.29) is 24.5 Å². The lowest BCUT2D eigenvalue weighted by Gasteiger charge is -2.35. The molecule has 0 radical (unpaired) electrons. The van der Waals surface area contributed by atoms with Crippen LogP contribution in [0.5, 0.6) is 0 Å². The van der Waals surface area contributed by atoms with Crippen LogP contribution < -0.4 is 5.32 Å². The fourth-order valence-electron chi connectivity index (χ4n) is 4.67. The summed E-state index contributed by atoms with van der Waals surface area (Å²) in [5.41, 5.74) is 0. The van der Waals surface area contributed by atoms with E-state index in [2.05, 4.69) is 17.3 Å². The summed E-state index contributed by atoms with van der Waals surface area (Å²) in [7, 11) is 2.06. The minimum atomic E-state index is -0.250. The van der Waals surface area contributed by atoms with Gasteiger partial charge in [0.2, 0.25) is 5.91 Å². The van der Waals surface area contributed by atoms with Crippen LogP contribution in [0.2, 0.25) is 0 Å². The van der Waals surface area contributed by atoms with Crippen molar-refractivity contribution in [3.63, 3.8) is 0 Å². The first kappa shape index (κ1) is 23.4. The first-order valence-corrected chi connectivity index (χ1v) is 11.2. The topological polar surface area (TPSA) is 93.2 Å². The maximum atomic E-state index is 12.9. The lowest BCUT2D eigenvalue weighted by Crippen LogP contribution is -2.50. The van der Waals surface area contributed by atoms with Crippen LogP contribution in [0.1, 0.15) is 57.8 Å². The maximum absolute atomic E-state index is 12.9. The first-order valence-electron chi connectivity index (χ1n) is 11.2. The Kier molecular flexibility index (Phi) is 10.2. The summed E-state index contributed by atoms with van der Waals surface area (Å²) in [6.07, 6.45) is 10.6. The van der Waals surface area contributed by atoms with Crippen LogP contribution in [0.25, 0.3) is 0 Å². The van der Waals surface area contributed by atoms with Crippen LogP contribution in [-0.2, 0) is 9.59 Å². The zero-order valence-corrected chi connectivity index (χ0v) is 17.9. The van der Waals surface area contributed by atoms with Gasteiger partial charge in [-0.05, 0) is 51.6 Å². The monoisotopic (exact) mass is 410 g/mol. The Morgan fingerprint density at radius 3 is 2.21 bits per heavy atom. The van der Waals surface area contributed by atoms with E-state index in [0.717, 1.165) is 45.4 Å². The lowest BCUT2D eigenvalue weighted by atomic mass is 9.89. The molecule has 1 unspecified atom stereocenters. The minimum absolute atomic E-state index is 0.0374. The number of carbonyl (C=O) groups excluding carboxylic acids is 2. The molecule has 2 aliphatic heterocycles. The predicted molar refractivity (Wildman–Crippen MR) is 112 cm³/mol. The molecule has 8 nitrogen and oxygen atoms in total. The SMILES string of the molecule is CN1CCCCC1C(=O)N1CCCN(C(=O)NCC2CCCCC2)CC1.O=CO. The standard InChI is InChI=1S/C20H36N4O2.CH2O2/c1-22-11-6-5-10-18(22)19(25)23-12-7-13-24(15-14-23)20(26)21-16-17-8-3-2-4-9-17;2-1-3/h17-18H,2-16H2,1H3,(H,21,26);1H,(H,2,3). The number of urea groups is 1. The number of rotatable bonds is 3. The fraction of sp³-hybridized carbons (Fsp3) is 0.857. The van der Waals surface area contributed by atoms with Crippen LogP contribution >= 0.6 is 0 Å². The third-order valence-corrected chi connectivity index (χ3v) is 6.42. The lowest BCUT2D eigenvalue weighted by molar-refractivity contribution is -0.137. The highest BCUT2D eigenvalue weighted by molar-refractivity contribution is 5.82. The van der Waals surface area contributed by atoms with Gasteiger partial charge in [0.05, 0.1) is 6.04 Å². The second-order valence-corrected chi connectivity index (χ2v) is 8.45. The molecule has 2 saturated heterocycles. The first-order chi connectivity index (χ1) is 14.1. The number of carbonyl (C=O) groups is 3. The van der Waals surface area contributed by atoms with E-state index in [4.69, 9.17) is 9.90 Å². The molecule has 0 aromatic rings. The summed E-state index contributed by atoms with van der Waals surface area (Å²) in [4.78, 5) is 39.9. The van der Waals surface area contributed by atoms with E-state index in [1.807, 2.05) is 9.80 Å². The molecule has 2 heterocycles. The smallest absolute Gasteiger partial charge is 0.317 e. The predicted octanol–water partition coefficient (Wildman–Crippen LogP) is 2.00. The molecule has 3 amide bonds. The average Bonchev–Trinajstić information content (AvgIpc) is 3.00. The highest BCUT2D eigenvalue weighted by atomic mass is 16.3. The molecule has 0 bridgehead atoms. The number of nitrogens with one attached hydrogen (secondary N) is 1. The van der Waals surface area contributed by atoms with Gasteiger partial charge < -0.3 is 20.2 Å². The van der Waals surface area contributed by atoms with Gasteiger partial charge in [0.25, 0.3) is 6.47 Å². The van der Waals surface area contributed by atoms with E-state index >= 15 is 0 Å². The summed E-state index contributed by atoms with van der Waals surface area (Å²) in [6.45, 7) is 4.42. The molecule has 1 aliphatic carbocycles. The molecule has 3 aliphatic rings. The molecule has 3 fully saturated rings. The Morgan fingerprint density at radius 2 is 1.52 bits per heavy atom. The zero-order chi connectivity index (χ0) is 21.1. The molecule has 8 heteroatoms. The highest BCUT2D eigenvalue weighted by Crippen LogP contribution is 2.23. The van der Waals surface area contributed by atoms with Gasteiger partial charge in [-0.3, -0.25) is 14.5 Å². The van der Waals surface area contributed by atoms with Crippen molar-refractivity contribution >= 4 is 18.4 Å². The van der Waals surface area contributed by atoms with Crippen molar-refractivity contribution in [2.45, 2.75) is 63.8 Å². The third kappa shape index (κ3) is 7.49. The van der Waals surface area contributed by atoms with Crippen molar-refractivity contribution in [3.8, 4) is 0 Å². The van der Waals surface area contributed by atoms with E-state index in [9.17, 15) is 9.59 Å². The molecule has 0 aromatic heterocycles. The van der Waals surface area contributed by atoms with E-state index in [1.165, 1.54) is 38.5 Å². The van der Waals surface area contributed by atoms with Gasteiger partial charge in [0, 0.05) is 32.7 Å². The van der Waals surface area contributed by atoms with Gasteiger partial charge in [0.15, 0.2) is 0 Å². The molecular weight excluding hydrogens is 372 g/mol. The van der Waals surface area contributed by atoms with Crippen molar-refractivity contribution < 1.29 is 19.5 Å². The average molecular weight is 411 g/mol. The van der Waals surface area contributed by atoms with E-state index in [1.54, 1.807) is 0 Å². The minimum Gasteiger partial charge on any atom is -0.483 e. The molecule has 166 valence electrons. The molecule has 3 rings (SSSR count). The van der Waals surface area contributed by atoms with Crippen molar-refractivity contribution in [1.29, 1.82) is 0 Å². The second kappa shape index (κ2) is 12.7. The van der Waals surface area contributed by atoms with Crippen molar-refractivity contribution in [2.24, 2.45) is 5.92 Å².